The topological polar surface area (TPSA) is 39.1 Å². The van der Waals surface area contributed by atoms with Crippen LogP contribution < -0.4 is 10.1 Å². The highest BCUT2D eigenvalue weighted by Crippen LogP contribution is 2.12. The molecule has 1 fully saturated rings. The van der Waals surface area contributed by atoms with E-state index in [1.807, 2.05) is 10.8 Å². The Labute approximate surface area is 77.9 Å². The summed E-state index contributed by atoms with van der Waals surface area (Å²) in [7, 11) is 0. The zero-order valence-corrected chi connectivity index (χ0v) is 7.86. The minimum Gasteiger partial charge on any atom is -0.460 e. The van der Waals surface area contributed by atoms with Gasteiger partial charge in [-0.05, 0) is 19.9 Å². The van der Waals surface area contributed by atoms with Gasteiger partial charge in [-0.1, -0.05) is 0 Å². The van der Waals surface area contributed by atoms with Crippen LogP contribution in [0.15, 0.2) is 12.4 Å². The Morgan fingerprint density at radius 3 is 3.38 bits per heavy atom. The number of rotatable bonds is 3. The van der Waals surface area contributed by atoms with Gasteiger partial charge in [-0.2, -0.15) is 0 Å². The largest absolute Gasteiger partial charge is 0.460 e. The van der Waals surface area contributed by atoms with E-state index in [2.05, 4.69) is 17.2 Å². The van der Waals surface area contributed by atoms with Gasteiger partial charge in [-0.25, -0.2) is 4.98 Å². The molecule has 13 heavy (non-hydrogen) atoms. The predicted octanol–water partition coefficient (Wildman–Crippen LogP) is 0.644. The lowest BCUT2D eigenvalue weighted by molar-refractivity contribution is 0.196. The van der Waals surface area contributed by atoms with Gasteiger partial charge in [0.05, 0.1) is 0 Å². The van der Waals surface area contributed by atoms with E-state index in [0.717, 1.165) is 32.1 Å². The number of ether oxygens (including phenoxy) is 1. The Morgan fingerprint density at radius 1 is 1.77 bits per heavy atom. The van der Waals surface area contributed by atoms with Gasteiger partial charge in [0.2, 0.25) is 0 Å². The van der Waals surface area contributed by atoms with E-state index in [-0.39, 0.29) is 0 Å². The standard InChI is InChI=1S/C9H15N3O/c1-2-12-6-5-11-9(12)13-8-3-4-10-7-8/h5-6,8,10H,2-4,7H2,1H3. The Bertz CT molecular complexity index is 266. The van der Waals surface area contributed by atoms with Crippen molar-refractivity contribution in [3.8, 4) is 6.01 Å². The van der Waals surface area contributed by atoms with Crippen LogP contribution in [0.4, 0.5) is 0 Å². The fourth-order valence-electron chi connectivity index (χ4n) is 1.53. The van der Waals surface area contributed by atoms with Crippen LogP contribution in [0.25, 0.3) is 0 Å². The molecule has 1 aliphatic rings. The fourth-order valence-corrected chi connectivity index (χ4v) is 1.53. The average Bonchev–Trinajstić information content (AvgIpc) is 2.76. The van der Waals surface area contributed by atoms with Gasteiger partial charge in [0.25, 0.3) is 6.01 Å². The van der Waals surface area contributed by atoms with E-state index in [9.17, 15) is 0 Å². The van der Waals surface area contributed by atoms with Gasteiger partial charge < -0.3 is 14.6 Å². The SMILES string of the molecule is CCn1ccnc1OC1CCNC1. The van der Waals surface area contributed by atoms with Crippen molar-refractivity contribution in [2.75, 3.05) is 13.1 Å². The zero-order valence-electron chi connectivity index (χ0n) is 7.86. The molecule has 0 bridgehead atoms. The lowest BCUT2D eigenvalue weighted by Crippen LogP contribution is -2.21. The molecule has 1 unspecified atom stereocenters. The van der Waals surface area contributed by atoms with Crippen LogP contribution in [0, 0.1) is 0 Å². The Balaban J connectivity index is 1.99. The van der Waals surface area contributed by atoms with Crippen LogP contribution in [0.5, 0.6) is 6.01 Å². The number of aromatic nitrogens is 2. The summed E-state index contributed by atoms with van der Waals surface area (Å²) in [6, 6.07) is 0.746. The molecule has 1 aliphatic heterocycles. The molecule has 4 heteroatoms. The summed E-state index contributed by atoms with van der Waals surface area (Å²) in [6.45, 7) is 4.99. The van der Waals surface area contributed by atoms with E-state index < -0.39 is 0 Å². The van der Waals surface area contributed by atoms with E-state index in [4.69, 9.17) is 4.74 Å². The second kappa shape index (κ2) is 3.79. The van der Waals surface area contributed by atoms with Gasteiger partial charge in [-0.15, -0.1) is 0 Å². The first-order chi connectivity index (χ1) is 6.40. The first kappa shape index (κ1) is 8.56. The Morgan fingerprint density at radius 2 is 2.69 bits per heavy atom. The van der Waals surface area contributed by atoms with Crippen LogP contribution >= 0.6 is 0 Å². The van der Waals surface area contributed by atoms with E-state index in [1.54, 1.807) is 6.20 Å². The third-order valence-corrected chi connectivity index (χ3v) is 2.31. The number of nitrogens with zero attached hydrogens (tertiary/aromatic N) is 2. The maximum Gasteiger partial charge on any atom is 0.296 e. The molecule has 0 saturated carbocycles. The van der Waals surface area contributed by atoms with Crippen LogP contribution in [0.3, 0.4) is 0 Å². The maximum absolute atomic E-state index is 5.73. The van der Waals surface area contributed by atoms with Crippen molar-refractivity contribution in [2.24, 2.45) is 0 Å². The highest BCUT2D eigenvalue weighted by molar-refractivity contribution is 4.99. The molecular formula is C9H15N3O. The number of imidazole rings is 1. The molecule has 2 rings (SSSR count). The van der Waals surface area contributed by atoms with Crippen LogP contribution in [0.1, 0.15) is 13.3 Å². The smallest absolute Gasteiger partial charge is 0.296 e. The predicted molar refractivity (Wildman–Crippen MR) is 49.8 cm³/mol. The Kier molecular flexibility index (Phi) is 2.49. The van der Waals surface area contributed by atoms with Crippen molar-refractivity contribution in [1.82, 2.24) is 14.9 Å². The normalized spacial score (nSPS) is 22.1. The van der Waals surface area contributed by atoms with E-state index >= 15 is 0 Å². The molecule has 0 aromatic carbocycles. The van der Waals surface area contributed by atoms with E-state index in [1.165, 1.54) is 0 Å². The first-order valence-electron chi connectivity index (χ1n) is 4.78. The van der Waals surface area contributed by atoms with Crippen LogP contribution in [-0.2, 0) is 6.54 Å². The van der Waals surface area contributed by atoms with Crippen molar-refractivity contribution in [3.63, 3.8) is 0 Å². The quantitative estimate of drug-likeness (QED) is 0.744. The summed E-state index contributed by atoms with van der Waals surface area (Å²) in [5, 5.41) is 3.26. The zero-order chi connectivity index (χ0) is 9.10. The number of aryl methyl sites for hydroxylation is 1. The minimum atomic E-state index is 0.299. The van der Waals surface area contributed by atoms with Gasteiger partial charge in [0.1, 0.15) is 6.10 Å². The summed E-state index contributed by atoms with van der Waals surface area (Å²) in [4.78, 5) is 4.16. The summed E-state index contributed by atoms with van der Waals surface area (Å²) in [5.41, 5.74) is 0. The summed E-state index contributed by atoms with van der Waals surface area (Å²) < 4.78 is 7.74. The highest BCUT2D eigenvalue weighted by Gasteiger charge is 2.17. The van der Waals surface area contributed by atoms with Crippen molar-refractivity contribution in [2.45, 2.75) is 26.0 Å². The number of hydrogen-bond donors (Lipinski definition) is 1. The third-order valence-electron chi connectivity index (χ3n) is 2.31. The second-order valence-electron chi connectivity index (χ2n) is 3.23. The fraction of sp³-hybridized carbons (Fsp3) is 0.667. The van der Waals surface area contributed by atoms with Crippen LogP contribution in [0.2, 0.25) is 0 Å². The molecule has 1 aromatic heterocycles. The van der Waals surface area contributed by atoms with E-state index in [0.29, 0.717) is 6.10 Å². The molecule has 1 saturated heterocycles. The molecule has 2 heterocycles. The summed E-state index contributed by atoms with van der Waals surface area (Å²) in [6.07, 6.45) is 5.10. The van der Waals surface area contributed by atoms with Gasteiger partial charge in [0, 0.05) is 25.5 Å². The minimum absolute atomic E-state index is 0.299. The van der Waals surface area contributed by atoms with Crippen molar-refractivity contribution >= 4 is 0 Å². The lowest BCUT2D eigenvalue weighted by atomic mass is 10.3. The van der Waals surface area contributed by atoms with Crippen LogP contribution in [-0.4, -0.2) is 28.7 Å². The average molecular weight is 181 g/mol. The highest BCUT2D eigenvalue weighted by atomic mass is 16.5. The van der Waals surface area contributed by atoms with Crippen molar-refractivity contribution in [1.29, 1.82) is 0 Å². The molecule has 1 atom stereocenters. The summed E-state index contributed by atoms with van der Waals surface area (Å²) in [5.74, 6) is 0. The number of nitrogens with one attached hydrogen (secondary N) is 1. The van der Waals surface area contributed by atoms with Gasteiger partial charge >= 0.3 is 0 Å². The molecule has 1 N–H and O–H groups in total. The second-order valence-corrected chi connectivity index (χ2v) is 3.23. The molecular weight excluding hydrogens is 166 g/mol. The van der Waals surface area contributed by atoms with Crippen molar-refractivity contribution < 1.29 is 4.74 Å². The Hall–Kier alpha value is -1.03. The molecule has 0 radical (unpaired) electrons. The lowest BCUT2D eigenvalue weighted by Gasteiger charge is -2.11. The molecule has 1 aromatic rings. The molecule has 0 aliphatic carbocycles. The van der Waals surface area contributed by atoms with Gasteiger partial charge in [-0.3, -0.25) is 0 Å². The molecule has 0 spiro atoms. The first-order valence-corrected chi connectivity index (χ1v) is 4.78. The molecule has 0 amide bonds. The van der Waals surface area contributed by atoms with Gasteiger partial charge in [0.15, 0.2) is 0 Å². The van der Waals surface area contributed by atoms with Crippen molar-refractivity contribution in [3.05, 3.63) is 12.4 Å². The third kappa shape index (κ3) is 1.83. The monoisotopic (exact) mass is 181 g/mol. The number of hydrogen-bond acceptors (Lipinski definition) is 3. The molecule has 72 valence electrons. The summed E-state index contributed by atoms with van der Waals surface area (Å²) >= 11 is 0. The molecule has 4 nitrogen and oxygen atoms in total. The maximum atomic E-state index is 5.73.